The van der Waals surface area contributed by atoms with Crippen LogP contribution < -0.4 is 15.4 Å². The number of anilines is 2. The van der Waals surface area contributed by atoms with Gasteiger partial charge < -0.3 is 15.4 Å². The van der Waals surface area contributed by atoms with E-state index in [1.165, 1.54) is 0 Å². The third-order valence-corrected chi connectivity index (χ3v) is 3.97. The zero-order chi connectivity index (χ0) is 17.0. The summed E-state index contributed by atoms with van der Waals surface area (Å²) >= 11 is 6.10. The molecule has 2 aromatic rings. The molecule has 0 aliphatic rings. The number of carbonyl (C=O) groups excluding carboxylic acids is 1. The van der Waals surface area contributed by atoms with Gasteiger partial charge in [0.15, 0.2) is 0 Å². The third kappa shape index (κ3) is 4.39. The van der Waals surface area contributed by atoms with Crippen molar-refractivity contribution in [3.05, 3.63) is 52.5 Å². The Kier molecular flexibility index (Phi) is 5.50. The standard InChI is InChI=1S/C18H21ClN2O2/c1-11-5-7-14(8-6-11)21-18(22)13(3)20-16-9-12(2)15(19)10-17(16)23-4/h5-10,13,20H,1-4H3,(H,21,22)/t13-/m0/s1. The van der Waals surface area contributed by atoms with E-state index in [0.717, 1.165) is 22.5 Å². The molecule has 0 aliphatic heterocycles. The summed E-state index contributed by atoms with van der Waals surface area (Å²) in [5, 5.41) is 6.68. The monoisotopic (exact) mass is 332 g/mol. The van der Waals surface area contributed by atoms with E-state index in [9.17, 15) is 4.79 Å². The molecule has 0 bridgehead atoms. The summed E-state index contributed by atoms with van der Waals surface area (Å²) in [6, 6.07) is 10.9. The van der Waals surface area contributed by atoms with Crippen molar-refractivity contribution in [2.45, 2.75) is 26.8 Å². The molecule has 0 fully saturated rings. The summed E-state index contributed by atoms with van der Waals surface area (Å²) in [5.74, 6) is 0.485. The minimum absolute atomic E-state index is 0.122. The molecule has 0 heterocycles. The Labute approximate surface area is 141 Å². The second kappa shape index (κ2) is 7.38. The minimum atomic E-state index is -0.425. The van der Waals surface area contributed by atoms with Crippen molar-refractivity contribution in [3.8, 4) is 5.75 Å². The zero-order valence-electron chi connectivity index (χ0n) is 13.7. The molecule has 0 aromatic heterocycles. The molecule has 23 heavy (non-hydrogen) atoms. The van der Waals surface area contributed by atoms with Crippen molar-refractivity contribution in [2.75, 3.05) is 17.7 Å². The lowest BCUT2D eigenvalue weighted by atomic mass is 10.1. The first-order chi connectivity index (χ1) is 10.9. The summed E-state index contributed by atoms with van der Waals surface area (Å²) in [4.78, 5) is 12.3. The molecule has 1 atom stereocenters. The number of hydrogen-bond donors (Lipinski definition) is 2. The molecule has 0 saturated carbocycles. The molecule has 4 nitrogen and oxygen atoms in total. The molecule has 2 aromatic carbocycles. The van der Waals surface area contributed by atoms with E-state index in [4.69, 9.17) is 16.3 Å². The number of ether oxygens (including phenoxy) is 1. The summed E-state index contributed by atoms with van der Waals surface area (Å²) in [7, 11) is 1.57. The minimum Gasteiger partial charge on any atom is -0.495 e. The Morgan fingerprint density at radius 3 is 2.43 bits per heavy atom. The van der Waals surface area contributed by atoms with Crippen molar-refractivity contribution in [2.24, 2.45) is 0 Å². The van der Waals surface area contributed by atoms with Gasteiger partial charge in [-0.3, -0.25) is 4.79 Å². The van der Waals surface area contributed by atoms with E-state index in [1.807, 2.05) is 44.2 Å². The van der Waals surface area contributed by atoms with E-state index in [0.29, 0.717) is 10.8 Å². The lowest BCUT2D eigenvalue weighted by Gasteiger charge is -2.18. The van der Waals surface area contributed by atoms with Gasteiger partial charge >= 0.3 is 0 Å². The van der Waals surface area contributed by atoms with Gasteiger partial charge in [0.2, 0.25) is 5.91 Å². The summed E-state index contributed by atoms with van der Waals surface area (Å²) in [6.45, 7) is 5.71. The number of benzene rings is 2. The topological polar surface area (TPSA) is 50.4 Å². The molecular weight excluding hydrogens is 312 g/mol. The van der Waals surface area contributed by atoms with Gasteiger partial charge in [0.25, 0.3) is 0 Å². The van der Waals surface area contributed by atoms with Crippen LogP contribution in [0.2, 0.25) is 5.02 Å². The Morgan fingerprint density at radius 1 is 1.17 bits per heavy atom. The van der Waals surface area contributed by atoms with Gasteiger partial charge in [-0.1, -0.05) is 29.3 Å². The highest BCUT2D eigenvalue weighted by Gasteiger charge is 2.16. The summed E-state index contributed by atoms with van der Waals surface area (Å²) < 4.78 is 5.31. The Morgan fingerprint density at radius 2 is 1.83 bits per heavy atom. The van der Waals surface area contributed by atoms with Gasteiger partial charge in [-0.15, -0.1) is 0 Å². The molecule has 0 saturated heterocycles. The number of amides is 1. The number of carbonyl (C=O) groups is 1. The number of methoxy groups -OCH3 is 1. The highest BCUT2D eigenvalue weighted by molar-refractivity contribution is 6.31. The van der Waals surface area contributed by atoms with Crippen LogP contribution >= 0.6 is 11.6 Å². The molecule has 0 radical (unpaired) electrons. The van der Waals surface area contributed by atoms with Crippen molar-refractivity contribution >= 4 is 28.9 Å². The van der Waals surface area contributed by atoms with E-state index < -0.39 is 6.04 Å². The Hall–Kier alpha value is -2.20. The average molecular weight is 333 g/mol. The van der Waals surface area contributed by atoms with Crippen LogP contribution in [-0.4, -0.2) is 19.1 Å². The summed E-state index contributed by atoms with van der Waals surface area (Å²) in [6.07, 6.45) is 0. The highest BCUT2D eigenvalue weighted by atomic mass is 35.5. The van der Waals surface area contributed by atoms with Gasteiger partial charge in [-0.05, 0) is 44.5 Å². The highest BCUT2D eigenvalue weighted by Crippen LogP contribution is 2.31. The smallest absolute Gasteiger partial charge is 0.246 e. The molecule has 0 aliphatic carbocycles. The van der Waals surface area contributed by atoms with Crippen molar-refractivity contribution in [1.29, 1.82) is 0 Å². The maximum absolute atomic E-state index is 12.3. The van der Waals surface area contributed by atoms with Crippen LogP contribution in [0.1, 0.15) is 18.1 Å². The average Bonchev–Trinajstić information content (AvgIpc) is 2.52. The molecule has 1 amide bonds. The number of nitrogens with one attached hydrogen (secondary N) is 2. The largest absolute Gasteiger partial charge is 0.495 e. The molecule has 5 heteroatoms. The van der Waals surface area contributed by atoms with Crippen molar-refractivity contribution < 1.29 is 9.53 Å². The number of rotatable bonds is 5. The van der Waals surface area contributed by atoms with Crippen LogP contribution in [0.25, 0.3) is 0 Å². The van der Waals surface area contributed by atoms with E-state index in [1.54, 1.807) is 20.1 Å². The zero-order valence-corrected chi connectivity index (χ0v) is 14.5. The van der Waals surface area contributed by atoms with E-state index in [-0.39, 0.29) is 5.91 Å². The second-order valence-electron chi connectivity index (χ2n) is 5.52. The first-order valence-electron chi connectivity index (χ1n) is 7.39. The molecular formula is C18H21ClN2O2. The predicted molar refractivity (Wildman–Crippen MR) is 95.6 cm³/mol. The molecule has 0 spiro atoms. The Bertz CT molecular complexity index is 699. The van der Waals surface area contributed by atoms with Gasteiger partial charge in [0.1, 0.15) is 11.8 Å². The quantitative estimate of drug-likeness (QED) is 0.853. The van der Waals surface area contributed by atoms with Crippen LogP contribution in [0.3, 0.4) is 0 Å². The normalized spacial score (nSPS) is 11.7. The van der Waals surface area contributed by atoms with Gasteiger partial charge in [0, 0.05) is 16.8 Å². The van der Waals surface area contributed by atoms with Crippen LogP contribution in [-0.2, 0) is 4.79 Å². The maximum atomic E-state index is 12.3. The maximum Gasteiger partial charge on any atom is 0.246 e. The SMILES string of the molecule is COc1cc(Cl)c(C)cc1N[C@@H](C)C(=O)Nc1ccc(C)cc1. The first-order valence-corrected chi connectivity index (χ1v) is 7.76. The fourth-order valence-corrected chi connectivity index (χ4v) is 2.28. The number of halogens is 1. The Balaban J connectivity index is 2.09. The fraction of sp³-hybridized carbons (Fsp3) is 0.278. The molecule has 122 valence electrons. The van der Waals surface area contributed by atoms with Crippen LogP contribution in [0, 0.1) is 13.8 Å². The number of aryl methyl sites for hydroxylation is 2. The van der Waals surface area contributed by atoms with Crippen LogP contribution in [0.4, 0.5) is 11.4 Å². The van der Waals surface area contributed by atoms with Gasteiger partial charge in [-0.2, -0.15) is 0 Å². The van der Waals surface area contributed by atoms with Crippen molar-refractivity contribution in [3.63, 3.8) is 0 Å². The van der Waals surface area contributed by atoms with Crippen LogP contribution in [0.15, 0.2) is 36.4 Å². The fourth-order valence-electron chi connectivity index (χ4n) is 2.13. The van der Waals surface area contributed by atoms with Gasteiger partial charge in [0.05, 0.1) is 12.8 Å². The predicted octanol–water partition coefficient (Wildman–Crippen LogP) is 4.40. The number of hydrogen-bond acceptors (Lipinski definition) is 3. The van der Waals surface area contributed by atoms with E-state index >= 15 is 0 Å². The molecule has 2 N–H and O–H groups in total. The third-order valence-electron chi connectivity index (χ3n) is 3.57. The van der Waals surface area contributed by atoms with Gasteiger partial charge in [-0.25, -0.2) is 0 Å². The van der Waals surface area contributed by atoms with Crippen molar-refractivity contribution in [1.82, 2.24) is 0 Å². The molecule has 2 rings (SSSR count). The lowest BCUT2D eigenvalue weighted by molar-refractivity contribution is -0.116. The second-order valence-corrected chi connectivity index (χ2v) is 5.93. The lowest BCUT2D eigenvalue weighted by Crippen LogP contribution is -2.32. The van der Waals surface area contributed by atoms with Crippen LogP contribution in [0.5, 0.6) is 5.75 Å². The first kappa shape index (κ1) is 17.2. The molecule has 0 unspecified atom stereocenters. The van der Waals surface area contributed by atoms with E-state index in [2.05, 4.69) is 10.6 Å². The summed E-state index contributed by atoms with van der Waals surface area (Å²) in [5.41, 5.74) is 3.58.